The molecule has 1 aromatic rings. The maximum absolute atomic E-state index is 4.33. The van der Waals surface area contributed by atoms with E-state index < -0.39 is 0 Å². The first-order chi connectivity index (χ1) is 7.03. The van der Waals surface area contributed by atoms with Crippen molar-refractivity contribution in [2.24, 2.45) is 0 Å². The van der Waals surface area contributed by atoms with Crippen molar-refractivity contribution in [3.8, 4) is 0 Å². The van der Waals surface area contributed by atoms with E-state index in [0.717, 1.165) is 16.7 Å². The molecule has 84 valence electrons. The molecule has 0 radical (unpaired) electrons. The highest BCUT2D eigenvalue weighted by Gasteiger charge is 2.15. The van der Waals surface area contributed by atoms with Gasteiger partial charge in [0.05, 0.1) is 5.69 Å². The average molecular weight is 271 g/mol. The van der Waals surface area contributed by atoms with E-state index in [1.807, 2.05) is 18.3 Å². The van der Waals surface area contributed by atoms with Gasteiger partial charge in [0, 0.05) is 22.8 Å². The van der Waals surface area contributed by atoms with Gasteiger partial charge in [-0.1, -0.05) is 13.3 Å². The molecular formula is C12H19BrN2. The Morgan fingerprint density at radius 3 is 2.67 bits per heavy atom. The third-order valence-electron chi connectivity index (χ3n) is 2.41. The minimum Gasteiger partial charge on any atom is -0.306 e. The van der Waals surface area contributed by atoms with E-state index in [-0.39, 0.29) is 5.54 Å². The zero-order valence-electron chi connectivity index (χ0n) is 9.68. The Bertz CT molecular complexity index is 293. The molecule has 1 heterocycles. The summed E-state index contributed by atoms with van der Waals surface area (Å²) in [4.78, 5) is 4.33. The summed E-state index contributed by atoms with van der Waals surface area (Å²) in [7, 11) is 0. The van der Waals surface area contributed by atoms with E-state index in [1.54, 1.807) is 0 Å². The summed E-state index contributed by atoms with van der Waals surface area (Å²) in [6.07, 6.45) is 4.22. The number of hydrogen-bond acceptors (Lipinski definition) is 2. The van der Waals surface area contributed by atoms with Gasteiger partial charge in [0.2, 0.25) is 0 Å². The third kappa shape index (κ3) is 4.76. The lowest BCUT2D eigenvalue weighted by Crippen LogP contribution is -2.38. The predicted octanol–water partition coefficient (Wildman–Crippen LogP) is 3.51. The molecule has 0 amide bonds. The topological polar surface area (TPSA) is 24.9 Å². The highest BCUT2D eigenvalue weighted by atomic mass is 79.9. The Kier molecular flexibility index (Phi) is 4.74. The molecule has 0 fully saturated rings. The van der Waals surface area contributed by atoms with Crippen LogP contribution in [0.5, 0.6) is 0 Å². The number of halogens is 1. The van der Waals surface area contributed by atoms with Crippen molar-refractivity contribution in [1.82, 2.24) is 10.3 Å². The molecule has 0 atom stereocenters. The molecule has 0 aromatic carbocycles. The molecule has 0 bridgehead atoms. The summed E-state index contributed by atoms with van der Waals surface area (Å²) < 4.78 is 1.03. The number of rotatable bonds is 5. The van der Waals surface area contributed by atoms with E-state index in [9.17, 15) is 0 Å². The van der Waals surface area contributed by atoms with Crippen LogP contribution in [0.1, 0.15) is 39.3 Å². The van der Waals surface area contributed by atoms with Gasteiger partial charge in [-0.2, -0.15) is 0 Å². The SMILES string of the molecule is CCCC(C)(C)NCc1ccc(Br)cn1. The molecule has 15 heavy (non-hydrogen) atoms. The van der Waals surface area contributed by atoms with Crippen molar-refractivity contribution in [2.45, 2.75) is 45.7 Å². The third-order valence-corrected chi connectivity index (χ3v) is 2.88. The molecule has 0 saturated carbocycles. The summed E-state index contributed by atoms with van der Waals surface area (Å²) in [6.45, 7) is 7.51. The van der Waals surface area contributed by atoms with Crippen molar-refractivity contribution in [2.75, 3.05) is 0 Å². The smallest absolute Gasteiger partial charge is 0.0542 e. The second-order valence-electron chi connectivity index (χ2n) is 4.46. The van der Waals surface area contributed by atoms with E-state index in [1.165, 1.54) is 12.8 Å². The van der Waals surface area contributed by atoms with Gasteiger partial charge < -0.3 is 5.32 Å². The summed E-state index contributed by atoms with van der Waals surface area (Å²) in [5.74, 6) is 0. The molecule has 2 nitrogen and oxygen atoms in total. The van der Waals surface area contributed by atoms with Crippen LogP contribution in [-0.2, 0) is 6.54 Å². The molecule has 1 N–H and O–H groups in total. The number of aromatic nitrogens is 1. The lowest BCUT2D eigenvalue weighted by atomic mass is 9.99. The Balaban J connectivity index is 2.46. The van der Waals surface area contributed by atoms with Crippen LogP contribution in [0.2, 0.25) is 0 Å². The fraction of sp³-hybridized carbons (Fsp3) is 0.583. The molecule has 0 aliphatic rings. The lowest BCUT2D eigenvalue weighted by Gasteiger charge is -2.25. The van der Waals surface area contributed by atoms with Crippen LogP contribution in [0, 0.1) is 0 Å². The van der Waals surface area contributed by atoms with Crippen LogP contribution in [0.3, 0.4) is 0 Å². The second-order valence-corrected chi connectivity index (χ2v) is 5.37. The summed E-state index contributed by atoms with van der Waals surface area (Å²) in [5.41, 5.74) is 1.28. The van der Waals surface area contributed by atoms with E-state index in [0.29, 0.717) is 0 Å². The number of hydrogen-bond donors (Lipinski definition) is 1. The second kappa shape index (κ2) is 5.61. The number of nitrogens with zero attached hydrogens (tertiary/aromatic N) is 1. The first kappa shape index (κ1) is 12.7. The van der Waals surface area contributed by atoms with Crippen molar-refractivity contribution in [1.29, 1.82) is 0 Å². The fourth-order valence-electron chi connectivity index (χ4n) is 1.55. The largest absolute Gasteiger partial charge is 0.306 e. The van der Waals surface area contributed by atoms with Gasteiger partial charge >= 0.3 is 0 Å². The molecule has 0 unspecified atom stereocenters. The monoisotopic (exact) mass is 270 g/mol. The molecule has 0 spiro atoms. The van der Waals surface area contributed by atoms with E-state index >= 15 is 0 Å². The summed E-state index contributed by atoms with van der Waals surface area (Å²) >= 11 is 3.38. The van der Waals surface area contributed by atoms with Crippen LogP contribution in [0.25, 0.3) is 0 Å². The van der Waals surface area contributed by atoms with Crippen LogP contribution in [0.4, 0.5) is 0 Å². The van der Waals surface area contributed by atoms with Crippen LogP contribution < -0.4 is 5.32 Å². The first-order valence-electron chi connectivity index (χ1n) is 5.39. The highest BCUT2D eigenvalue weighted by molar-refractivity contribution is 9.10. The van der Waals surface area contributed by atoms with E-state index in [4.69, 9.17) is 0 Å². The molecule has 0 aliphatic carbocycles. The summed E-state index contributed by atoms with van der Waals surface area (Å²) in [5, 5.41) is 3.52. The van der Waals surface area contributed by atoms with Gasteiger partial charge in [0.25, 0.3) is 0 Å². The Morgan fingerprint density at radius 2 is 2.13 bits per heavy atom. The van der Waals surface area contributed by atoms with Crippen molar-refractivity contribution >= 4 is 15.9 Å². The Morgan fingerprint density at radius 1 is 1.40 bits per heavy atom. The first-order valence-corrected chi connectivity index (χ1v) is 6.18. The van der Waals surface area contributed by atoms with Crippen LogP contribution in [0.15, 0.2) is 22.8 Å². The maximum Gasteiger partial charge on any atom is 0.0542 e. The fourth-order valence-corrected chi connectivity index (χ4v) is 1.79. The van der Waals surface area contributed by atoms with Gasteiger partial charge in [-0.3, -0.25) is 4.98 Å². The minimum absolute atomic E-state index is 0.198. The van der Waals surface area contributed by atoms with Gasteiger partial charge in [-0.15, -0.1) is 0 Å². The highest BCUT2D eigenvalue weighted by Crippen LogP contribution is 2.12. The van der Waals surface area contributed by atoms with Crippen LogP contribution >= 0.6 is 15.9 Å². The average Bonchev–Trinajstić information content (AvgIpc) is 2.17. The van der Waals surface area contributed by atoms with E-state index in [2.05, 4.69) is 47.0 Å². The van der Waals surface area contributed by atoms with Gasteiger partial charge in [0.15, 0.2) is 0 Å². The minimum atomic E-state index is 0.198. The van der Waals surface area contributed by atoms with Gasteiger partial charge in [-0.25, -0.2) is 0 Å². The Hall–Kier alpha value is -0.410. The number of nitrogens with one attached hydrogen (secondary N) is 1. The standard InChI is InChI=1S/C12H19BrN2/c1-4-7-12(2,3)15-9-11-6-5-10(13)8-14-11/h5-6,8,15H,4,7,9H2,1-3H3. The predicted molar refractivity (Wildman–Crippen MR) is 67.8 cm³/mol. The quantitative estimate of drug-likeness (QED) is 0.886. The normalized spacial score (nSPS) is 11.7. The van der Waals surface area contributed by atoms with Gasteiger partial charge in [0.1, 0.15) is 0 Å². The molecule has 0 saturated heterocycles. The molecule has 0 aliphatic heterocycles. The van der Waals surface area contributed by atoms with Crippen LogP contribution in [-0.4, -0.2) is 10.5 Å². The molecule has 3 heteroatoms. The number of pyridine rings is 1. The van der Waals surface area contributed by atoms with Gasteiger partial charge in [-0.05, 0) is 48.3 Å². The maximum atomic E-state index is 4.33. The zero-order chi connectivity index (χ0) is 11.3. The molecule has 1 aromatic heterocycles. The van der Waals surface area contributed by atoms with Crippen molar-refractivity contribution in [3.63, 3.8) is 0 Å². The lowest BCUT2D eigenvalue weighted by molar-refractivity contribution is 0.355. The molecular weight excluding hydrogens is 252 g/mol. The van der Waals surface area contributed by atoms with Crippen molar-refractivity contribution in [3.05, 3.63) is 28.5 Å². The summed E-state index contributed by atoms with van der Waals surface area (Å²) in [6, 6.07) is 4.07. The Labute approximate surface area is 101 Å². The molecule has 1 rings (SSSR count). The zero-order valence-corrected chi connectivity index (χ0v) is 11.3. The van der Waals surface area contributed by atoms with Crippen molar-refractivity contribution < 1.29 is 0 Å².